The summed E-state index contributed by atoms with van der Waals surface area (Å²) in [5.41, 5.74) is 1.74. The summed E-state index contributed by atoms with van der Waals surface area (Å²) in [7, 11) is 0. The summed E-state index contributed by atoms with van der Waals surface area (Å²) < 4.78 is 18.9. The smallest absolute Gasteiger partial charge is 0.256 e. The molecule has 1 aliphatic heterocycles. The standard InChI is InChI=1S/C25H23FN4O3S/c1-2-33-21-12-8-18(9-13-21)28-23(31)15-22-24(32)30(20-10-6-17(26)7-11-20)25(34)29(22)16-19-5-3-4-14-27-19/h3-14,22H,2,15-16H2,1H3,(H,28,31). The van der Waals surface area contributed by atoms with Crippen molar-refractivity contribution in [1.29, 1.82) is 0 Å². The summed E-state index contributed by atoms with van der Waals surface area (Å²) in [6, 6.07) is 17.1. The molecule has 1 N–H and O–H groups in total. The van der Waals surface area contributed by atoms with E-state index in [-0.39, 0.29) is 29.9 Å². The van der Waals surface area contributed by atoms with Crippen molar-refractivity contribution in [3.63, 3.8) is 0 Å². The molecule has 0 saturated carbocycles. The Morgan fingerprint density at radius 2 is 1.85 bits per heavy atom. The van der Waals surface area contributed by atoms with E-state index >= 15 is 0 Å². The van der Waals surface area contributed by atoms with E-state index in [1.807, 2.05) is 19.1 Å². The number of halogens is 1. The van der Waals surface area contributed by atoms with Crippen LogP contribution in [0.3, 0.4) is 0 Å². The fourth-order valence-corrected chi connectivity index (χ4v) is 4.08. The quantitative estimate of drug-likeness (QED) is 0.491. The van der Waals surface area contributed by atoms with Crippen molar-refractivity contribution in [2.45, 2.75) is 25.9 Å². The first-order valence-corrected chi connectivity index (χ1v) is 11.2. The molecule has 1 unspecified atom stereocenters. The lowest BCUT2D eigenvalue weighted by Crippen LogP contribution is -2.37. The number of anilines is 2. The Bertz CT molecular complexity index is 1170. The molecule has 1 saturated heterocycles. The highest BCUT2D eigenvalue weighted by molar-refractivity contribution is 7.80. The van der Waals surface area contributed by atoms with Gasteiger partial charge in [-0.15, -0.1) is 0 Å². The van der Waals surface area contributed by atoms with Crippen LogP contribution in [0.2, 0.25) is 0 Å². The van der Waals surface area contributed by atoms with Gasteiger partial charge in [0.2, 0.25) is 5.91 Å². The third-order valence-electron chi connectivity index (χ3n) is 5.29. The lowest BCUT2D eigenvalue weighted by Gasteiger charge is -2.23. The van der Waals surface area contributed by atoms with Crippen molar-refractivity contribution in [3.05, 3.63) is 84.4 Å². The van der Waals surface area contributed by atoms with Gasteiger partial charge in [-0.3, -0.25) is 19.5 Å². The molecule has 174 valence electrons. The molecule has 0 bridgehead atoms. The van der Waals surface area contributed by atoms with Gasteiger partial charge in [0.05, 0.1) is 31.0 Å². The number of amides is 2. The highest BCUT2D eigenvalue weighted by Gasteiger charge is 2.44. The molecule has 9 heteroatoms. The van der Waals surface area contributed by atoms with Crippen LogP contribution in [0.25, 0.3) is 0 Å². The minimum absolute atomic E-state index is 0.114. The van der Waals surface area contributed by atoms with Crippen LogP contribution >= 0.6 is 12.2 Å². The molecule has 7 nitrogen and oxygen atoms in total. The molecule has 0 radical (unpaired) electrons. The van der Waals surface area contributed by atoms with Gasteiger partial charge in [0.15, 0.2) is 5.11 Å². The highest BCUT2D eigenvalue weighted by Crippen LogP contribution is 2.29. The summed E-state index contributed by atoms with van der Waals surface area (Å²) in [5.74, 6) is -0.405. The number of thiocarbonyl (C=S) groups is 1. The average molecular weight is 479 g/mol. The molecule has 1 atom stereocenters. The number of hydrogen-bond acceptors (Lipinski definition) is 5. The number of nitrogens with zero attached hydrogens (tertiary/aromatic N) is 3. The molecule has 1 aliphatic rings. The number of pyridine rings is 1. The van der Waals surface area contributed by atoms with E-state index in [9.17, 15) is 14.0 Å². The van der Waals surface area contributed by atoms with Crippen molar-refractivity contribution < 1.29 is 18.7 Å². The van der Waals surface area contributed by atoms with Crippen LogP contribution in [-0.4, -0.2) is 39.5 Å². The van der Waals surface area contributed by atoms with E-state index in [0.29, 0.717) is 29.4 Å². The minimum atomic E-state index is -0.831. The molecule has 1 aromatic heterocycles. The Kier molecular flexibility index (Phi) is 7.12. The van der Waals surface area contributed by atoms with Gasteiger partial charge in [-0.2, -0.15) is 0 Å². The minimum Gasteiger partial charge on any atom is -0.494 e. The zero-order valence-electron chi connectivity index (χ0n) is 18.5. The number of carbonyl (C=O) groups is 2. The average Bonchev–Trinajstić information content (AvgIpc) is 3.06. The Hall–Kier alpha value is -3.85. The van der Waals surface area contributed by atoms with Crippen molar-refractivity contribution in [3.8, 4) is 5.75 Å². The second-order valence-corrected chi connectivity index (χ2v) is 7.97. The number of aromatic nitrogens is 1. The van der Waals surface area contributed by atoms with Gasteiger partial charge < -0.3 is 15.0 Å². The predicted octanol–water partition coefficient (Wildman–Crippen LogP) is 4.15. The van der Waals surface area contributed by atoms with Crippen LogP contribution in [0.15, 0.2) is 72.9 Å². The van der Waals surface area contributed by atoms with Crippen LogP contribution < -0.4 is 15.0 Å². The van der Waals surface area contributed by atoms with E-state index in [4.69, 9.17) is 17.0 Å². The number of benzene rings is 2. The molecular weight excluding hydrogens is 455 g/mol. The summed E-state index contributed by atoms with van der Waals surface area (Å²) in [5, 5.41) is 3.06. The second kappa shape index (κ2) is 10.4. The van der Waals surface area contributed by atoms with Gasteiger partial charge in [0, 0.05) is 11.9 Å². The molecule has 0 spiro atoms. The van der Waals surface area contributed by atoms with Crippen molar-refractivity contribution in [1.82, 2.24) is 9.88 Å². The largest absolute Gasteiger partial charge is 0.494 e. The fraction of sp³-hybridized carbons (Fsp3) is 0.200. The first-order chi connectivity index (χ1) is 16.5. The van der Waals surface area contributed by atoms with Crippen molar-refractivity contribution in [2.75, 3.05) is 16.8 Å². The van der Waals surface area contributed by atoms with Crippen molar-refractivity contribution >= 4 is 40.5 Å². The van der Waals surface area contributed by atoms with Gasteiger partial charge >= 0.3 is 0 Å². The molecule has 2 heterocycles. The summed E-state index contributed by atoms with van der Waals surface area (Å²) in [6.07, 6.45) is 1.54. The molecule has 34 heavy (non-hydrogen) atoms. The zero-order chi connectivity index (χ0) is 24.1. The molecule has 3 aromatic rings. The van der Waals surface area contributed by atoms with Gasteiger partial charge in [0.25, 0.3) is 5.91 Å². The first-order valence-electron chi connectivity index (χ1n) is 10.8. The van der Waals surface area contributed by atoms with Crippen LogP contribution in [-0.2, 0) is 16.1 Å². The zero-order valence-corrected chi connectivity index (χ0v) is 19.3. The van der Waals surface area contributed by atoms with Crippen LogP contribution in [0, 0.1) is 5.82 Å². The summed E-state index contributed by atoms with van der Waals surface area (Å²) in [6.45, 7) is 2.70. The van der Waals surface area contributed by atoms with E-state index in [1.54, 1.807) is 41.4 Å². The monoisotopic (exact) mass is 478 g/mol. The molecule has 0 aliphatic carbocycles. The van der Waals surface area contributed by atoms with E-state index in [0.717, 1.165) is 0 Å². The SMILES string of the molecule is CCOc1ccc(NC(=O)CC2C(=O)N(c3ccc(F)cc3)C(=S)N2Cc2ccccn2)cc1. The number of rotatable bonds is 8. The van der Waals surface area contributed by atoms with Crippen LogP contribution in [0.5, 0.6) is 5.75 Å². The molecule has 2 aromatic carbocycles. The first kappa shape index (κ1) is 23.3. The van der Waals surface area contributed by atoms with Gasteiger partial charge in [0.1, 0.15) is 17.6 Å². The summed E-state index contributed by atoms with van der Waals surface area (Å²) >= 11 is 5.62. The Labute approximate surface area is 202 Å². The lowest BCUT2D eigenvalue weighted by atomic mass is 10.1. The number of nitrogens with one attached hydrogen (secondary N) is 1. The highest BCUT2D eigenvalue weighted by atomic mass is 32.1. The van der Waals surface area contributed by atoms with E-state index < -0.39 is 11.9 Å². The maximum atomic E-state index is 13.4. The fourth-order valence-electron chi connectivity index (χ4n) is 3.70. The van der Waals surface area contributed by atoms with Crippen LogP contribution in [0.4, 0.5) is 15.8 Å². The molecule has 2 amide bonds. The van der Waals surface area contributed by atoms with Gasteiger partial charge in [-0.05, 0) is 79.8 Å². The third-order valence-corrected chi connectivity index (χ3v) is 5.71. The van der Waals surface area contributed by atoms with E-state index in [2.05, 4.69) is 10.3 Å². The van der Waals surface area contributed by atoms with Gasteiger partial charge in [-0.1, -0.05) is 6.07 Å². The van der Waals surface area contributed by atoms with Gasteiger partial charge in [-0.25, -0.2) is 4.39 Å². The van der Waals surface area contributed by atoms with Crippen LogP contribution in [0.1, 0.15) is 19.0 Å². The topological polar surface area (TPSA) is 74.8 Å². The maximum Gasteiger partial charge on any atom is 0.256 e. The predicted molar refractivity (Wildman–Crippen MR) is 131 cm³/mol. The lowest BCUT2D eigenvalue weighted by molar-refractivity contribution is -0.124. The Morgan fingerprint density at radius 3 is 2.50 bits per heavy atom. The second-order valence-electron chi connectivity index (χ2n) is 7.61. The molecule has 1 fully saturated rings. The number of ether oxygens (including phenoxy) is 1. The molecule has 4 rings (SSSR count). The van der Waals surface area contributed by atoms with E-state index in [1.165, 1.54) is 29.2 Å². The summed E-state index contributed by atoms with van der Waals surface area (Å²) in [4.78, 5) is 33.6. The number of hydrogen-bond donors (Lipinski definition) is 1. The maximum absolute atomic E-state index is 13.4. The third kappa shape index (κ3) is 5.20. The molecular formula is C25H23FN4O3S. The Morgan fingerprint density at radius 1 is 1.12 bits per heavy atom. The normalized spacial score (nSPS) is 15.5. The Balaban J connectivity index is 1.55. The van der Waals surface area contributed by atoms with Crippen molar-refractivity contribution in [2.24, 2.45) is 0 Å². The number of carbonyl (C=O) groups excluding carboxylic acids is 2.